The minimum Gasteiger partial charge on any atom is -0.495 e. The van der Waals surface area contributed by atoms with Gasteiger partial charge in [0.25, 0.3) is 0 Å². The van der Waals surface area contributed by atoms with Crippen molar-refractivity contribution >= 4 is 5.97 Å². The number of aromatic nitrogens is 1. The van der Waals surface area contributed by atoms with Gasteiger partial charge in [-0.3, -0.25) is 0 Å². The smallest absolute Gasteiger partial charge is 0.335 e. The van der Waals surface area contributed by atoms with Crippen molar-refractivity contribution in [2.75, 3.05) is 7.11 Å². The van der Waals surface area contributed by atoms with E-state index < -0.39 is 5.97 Å². The second-order valence-electron chi connectivity index (χ2n) is 7.80. The molecule has 1 aromatic heterocycles. The Morgan fingerprint density at radius 1 is 1.03 bits per heavy atom. The van der Waals surface area contributed by atoms with Gasteiger partial charge in [0.2, 0.25) is 0 Å². The standard InChI is InChI=1S/C25H27NO3/c1-17-21(18-9-5-3-6-10-18)16-22(19-11-7-4-8-12-19)26(17)23-15-20(25(27)28)13-14-24(23)29-2/h3,5-6,9-10,13-16,19H,4,7-8,11-12H2,1-2H3,(H,27,28). The summed E-state index contributed by atoms with van der Waals surface area (Å²) < 4.78 is 7.86. The first-order valence-electron chi connectivity index (χ1n) is 10.3. The zero-order valence-electron chi connectivity index (χ0n) is 17.0. The first kappa shape index (κ1) is 19.3. The maximum Gasteiger partial charge on any atom is 0.335 e. The van der Waals surface area contributed by atoms with Crippen LogP contribution in [0.3, 0.4) is 0 Å². The van der Waals surface area contributed by atoms with Crippen LogP contribution in [0.2, 0.25) is 0 Å². The number of aromatic carboxylic acids is 1. The van der Waals surface area contributed by atoms with Crippen molar-refractivity contribution in [3.8, 4) is 22.6 Å². The van der Waals surface area contributed by atoms with E-state index in [1.54, 1.807) is 25.3 Å². The van der Waals surface area contributed by atoms with Gasteiger partial charge in [-0.25, -0.2) is 4.79 Å². The number of rotatable bonds is 5. The van der Waals surface area contributed by atoms with E-state index in [4.69, 9.17) is 4.74 Å². The SMILES string of the molecule is COc1ccc(C(=O)O)cc1-n1c(C2CCCCC2)cc(-c2ccccc2)c1C. The van der Waals surface area contributed by atoms with Crippen LogP contribution in [0, 0.1) is 6.92 Å². The highest BCUT2D eigenvalue weighted by atomic mass is 16.5. The van der Waals surface area contributed by atoms with E-state index in [1.807, 2.05) is 6.07 Å². The molecule has 0 aliphatic heterocycles. The van der Waals surface area contributed by atoms with Crippen LogP contribution >= 0.6 is 0 Å². The van der Waals surface area contributed by atoms with Gasteiger partial charge in [0.05, 0.1) is 18.4 Å². The number of ether oxygens (including phenoxy) is 1. The molecule has 1 aliphatic rings. The topological polar surface area (TPSA) is 51.5 Å². The van der Waals surface area contributed by atoms with E-state index in [-0.39, 0.29) is 5.56 Å². The number of methoxy groups -OCH3 is 1. The second kappa shape index (κ2) is 8.16. The van der Waals surface area contributed by atoms with Crippen molar-refractivity contribution < 1.29 is 14.6 Å². The van der Waals surface area contributed by atoms with Crippen molar-refractivity contribution in [2.45, 2.75) is 44.9 Å². The van der Waals surface area contributed by atoms with Crippen LogP contribution in [0.25, 0.3) is 16.8 Å². The minimum atomic E-state index is -0.929. The van der Waals surface area contributed by atoms with Crippen molar-refractivity contribution in [3.63, 3.8) is 0 Å². The van der Waals surface area contributed by atoms with Gasteiger partial charge in [-0.05, 0) is 55.5 Å². The maximum absolute atomic E-state index is 11.6. The number of benzene rings is 2. The minimum absolute atomic E-state index is 0.268. The van der Waals surface area contributed by atoms with Crippen molar-refractivity contribution in [3.05, 3.63) is 71.5 Å². The predicted molar refractivity (Wildman–Crippen MR) is 115 cm³/mol. The fraction of sp³-hybridized carbons (Fsp3) is 0.320. The molecule has 0 radical (unpaired) electrons. The largest absolute Gasteiger partial charge is 0.495 e. The fourth-order valence-corrected chi connectivity index (χ4v) is 4.56. The number of hydrogen-bond donors (Lipinski definition) is 1. The van der Waals surface area contributed by atoms with E-state index in [0.29, 0.717) is 11.7 Å². The van der Waals surface area contributed by atoms with Gasteiger partial charge in [0.1, 0.15) is 5.75 Å². The molecule has 1 aliphatic carbocycles. The van der Waals surface area contributed by atoms with Gasteiger partial charge < -0.3 is 14.4 Å². The lowest BCUT2D eigenvalue weighted by atomic mass is 9.86. The second-order valence-corrected chi connectivity index (χ2v) is 7.80. The number of hydrogen-bond acceptors (Lipinski definition) is 2. The lowest BCUT2D eigenvalue weighted by molar-refractivity contribution is 0.0697. The average molecular weight is 389 g/mol. The van der Waals surface area contributed by atoms with Crippen LogP contribution in [0.5, 0.6) is 5.75 Å². The van der Waals surface area contributed by atoms with E-state index in [0.717, 1.165) is 11.4 Å². The van der Waals surface area contributed by atoms with E-state index in [1.165, 1.54) is 48.9 Å². The van der Waals surface area contributed by atoms with Crippen LogP contribution in [0.4, 0.5) is 0 Å². The van der Waals surface area contributed by atoms with Gasteiger partial charge in [-0.15, -0.1) is 0 Å². The first-order chi connectivity index (χ1) is 14.1. The summed E-state index contributed by atoms with van der Waals surface area (Å²) in [5.41, 5.74) is 5.79. The summed E-state index contributed by atoms with van der Waals surface area (Å²) in [4.78, 5) is 11.6. The Morgan fingerprint density at radius 3 is 2.41 bits per heavy atom. The summed E-state index contributed by atoms with van der Waals surface area (Å²) in [5, 5.41) is 9.54. The average Bonchev–Trinajstić information content (AvgIpc) is 3.11. The van der Waals surface area contributed by atoms with Gasteiger partial charge in [0.15, 0.2) is 0 Å². The monoisotopic (exact) mass is 389 g/mol. The summed E-state index contributed by atoms with van der Waals surface area (Å²) in [7, 11) is 1.64. The highest BCUT2D eigenvalue weighted by Crippen LogP contribution is 2.40. The molecule has 1 heterocycles. The van der Waals surface area contributed by atoms with E-state index in [9.17, 15) is 9.90 Å². The predicted octanol–water partition coefficient (Wildman–Crippen LogP) is 6.21. The lowest BCUT2D eigenvalue weighted by Crippen LogP contribution is -2.12. The molecule has 29 heavy (non-hydrogen) atoms. The summed E-state index contributed by atoms with van der Waals surface area (Å²) in [6, 6.07) is 17.8. The number of carboxylic acids is 1. The number of nitrogens with zero attached hydrogens (tertiary/aromatic N) is 1. The quantitative estimate of drug-likeness (QED) is 0.564. The molecule has 0 amide bonds. The van der Waals surface area contributed by atoms with E-state index >= 15 is 0 Å². The molecule has 2 aromatic carbocycles. The first-order valence-corrected chi connectivity index (χ1v) is 10.3. The Balaban J connectivity index is 1.95. The molecule has 1 saturated carbocycles. The normalized spacial score (nSPS) is 14.7. The zero-order chi connectivity index (χ0) is 20.4. The highest BCUT2D eigenvalue weighted by molar-refractivity contribution is 5.89. The summed E-state index contributed by atoms with van der Waals surface area (Å²) in [5.74, 6) is 0.227. The van der Waals surface area contributed by atoms with E-state index in [2.05, 4.69) is 41.8 Å². The van der Waals surface area contributed by atoms with Gasteiger partial charge in [0, 0.05) is 17.0 Å². The number of carbonyl (C=O) groups is 1. The third kappa shape index (κ3) is 3.67. The van der Waals surface area contributed by atoms with Crippen LogP contribution in [-0.4, -0.2) is 22.8 Å². The summed E-state index contributed by atoms with van der Waals surface area (Å²) in [6.45, 7) is 2.11. The Labute approximate surface area is 171 Å². The van der Waals surface area contributed by atoms with Crippen LogP contribution in [0.15, 0.2) is 54.6 Å². The fourth-order valence-electron chi connectivity index (χ4n) is 4.56. The van der Waals surface area contributed by atoms with Crippen molar-refractivity contribution in [1.82, 2.24) is 4.57 Å². The Morgan fingerprint density at radius 2 is 1.76 bits per heavy atom. The molecule has 4 heteroatoms. The van der Waals surface area contributed by atoms with Crippen LogP contribution in [-0.2, 0) is 0 Å². The third-order valence-corrected chi connectivity index (χ3v) is 6.05. The third-order valence-electron chi connectivity index (χ3n) is 6.05. The molecule has 1 N–H and O–H groups in total. The molecular formula is C25H27NO3. The Bertz CT molecular complexity index is 1010. The molecule has 0 atom stereocenters. The van der Waals surface area contributed by atoms with Gasteiger partial charge in [-0.1, -0.05) is 49.6 Å². The summed E-state index contributed by atoms with van der Waals surface area (Å²) >= 11 is 0. The molecule has 0 bridgehead atoms. The highest BCUT2D eigenvalue weighted by Gasteiger charge is 2.25. The molecule has 0 spiro atoms. The molecular weight excluding hydrogens is 362 g/mol. The Hall–Kier alpha value is -3.01. The molecule has 4 nitrogen and oxygen atoms in total. The molecule has 1 fully saturated rings. The number of carboxylic acid groups (broad SMARTS) is 1. The Kier molecular flexibility index (Phi) is 5.43. The molecule has 3 aromatic rings. The van der Waals surface area contributed by atoms with Crippen LogP contribution in [0.1, 0.15) is 59.8 Å². The molecule has 4 rings (SSSR count). The maximum atomic E-state index is 11.6. The zero-order valence-corrected chi connectivity index (χ0v) is 17.0. The van der Waals surface area contributed by atoms with Crippen LogP contribution < -0.4 is 4.74 Å². The molecule has 0 unspecified atom stereocenters. The van der Waals surface area contributed by atoms with Gasteiger partial charge >= 0.3 is 5.97 Å². The summed E-state index contributed by atoms with van der Waals surface area (Å²) in [6.07, 6.45) is 6.10. The lowest BCUT2D eigenvalue weighted by Gasteiger charge is -2.25. The molecule has 150 valence electrons. The van der Waals surface area contributed by atoms with Crippen molar-refractivity contribution in [1.29, 1.82) is 0 Å². The van der Waals surface area contributed by atoms with Gasteiger partial charge in [-0.2, -0.15) is 0 Å². The van der Waals surface area contributed by atoms with Crippen molar-refractivity contribution in [2.24, 2.45) is 0 Å². The molecule has 0 saturated heterocycles.